The molecule has 3 fully saturated rings. The normalized spacial score (nSPS) is 25.1. The number of alkyl halides is 3. The Morgan fingerprint density at radius 1 is 1.00 bits per heavy atom. The summed E-state index contributed by atoms with van der Waals surface area (Å²) in [7, 11) is 0. The van der Waals surface area contributed by atoms with Gasteiger partial charge in [0.05, 0.1) is 23.2 Å². The Kier molecular flexibility index (Phi) is 9.16. The number of piperidine rings is 1. The summed E-state index contributed by atoms with van der Waals surface area (Å²) in [5.74, 6) is 0.0230. The summed E-state index contributed by atoms with van der Waals surface area (Å²) in [6.45, 7) is 8.77. The molecule has 11 nitrogen and oxygen atoms in total. The molecule has 3 heterocycles. The fourth-order valence-corrected chi connectivity index (χ4v) is 6.96. The molecule has 4 N–H and O–H groups in total. The van der Waals surface area contributed by atoms with Gasteiger partial charge in [-0.05, 0) is 77.5 Å². The van der Waals surface area contributed by atoms with E-state index in [1.165, 1.54) is 17.9 Å². The van der Waals surface area contributed by atoms with Crippen molar-refractivity contribution in [2.75, 3.05) is 25.0 Å². The zero-order valence-corrected chi connectivity index (χ0v) is 26.1. The molecule has 3 aliphatic rings. The molecule has 3 amide bonds. The highest BCUT2D eigenvalue weighted by molar-refractivity contribution is 5.93. The first-order valence-electron chi connectivity index (χ1n) is 15.6. The van der Waals surface area contributed by atoms with Gasteiger partial charge in [0, 0.05) is 49.4 Å². The van der Waals surface area contributed by atoms with Crippen LogP contribution in [0.1, 0.15) is 83.5 Å². The molecule has 4 atom stereocenters. The van der Waals surface area contributed by atoms with Crippen LogP contribution in [0.2, 0.25) is 0 Å². The number of halogens is 3. The summed E-state index contributed by atoms with van der Waals surface area (Å²) >= 11 is 0. The van der Waals surface area contributed by atoms with E-state index in [4.69, 9.17) is 0 Å². The SMILES string of the molecule is CC(=O)N[C@@H]1C[C@H](NC(C)(C)C)CC[C@@H]1N1CCC(Nc2nc(C3CCN(C(=O)O)CC3)nc3ccc(C(F)(F)F)cc23)C1=O. The van der Waals surface area contributed by atoms with Crippen molar-refractivity contribution in [1.29, 1.82) is 0 Å². The minimum absolute atomic E-state index is 0.102. The second kappa shape index (κ2) is 12.6. The summed E-state index contributed by atoms with van der Waals surface area (Å²) in [4.78, 5) is 49.7. The van der Waals surface area contributed by atoms with E-state index in [0.29, 0.717) is 63.1 Å². The van der Waals surface area contributed by atoms with Gasteiger partial charge in [-0.2, -0.15) is 13.2 Å². The molecule has 1 aliphatic carbocycles. The molecule has 1 aromatic carbocycles. The number of hydrogen-bond acceptors (Lipinski definition) is 7. The second-order valence-electron chi connectivity index (χ2n) is 13.5. The van der Waals surface area contributed by atoms with Crippen LogP contribution in [-0.4, -0.2) is 92.1 Å². The molecule has 0 bridgehead atoms. The van der Waals surface area contributed by atoms with Crippen LogP contribution in [-0.2, 0) is 15.8 Å². The molecule has 2 saturated heterocycles. The van der Waals surface area contributed by atoms with Crippen molar-refractivity contribution in [2.24, 2.45) is 0 Å². The maximum absolute atomic E-state index is 13.9. The lowest BCUT2D eigenvalue weighted by Crippen LogP contribution is -2.59. The lowest BCUT2D eigenvalue weighted by atomic mass is 9.84. The number of nitrogens with zero attached hydrogens (tertiary/aromatic N) is 4. The Labute approximate surface area is 260 Å². The zero-order chi connectivity index (χ0) is 32.7. The van der Waals surface area contributed by atoms with Crippen LogP contribution in [0.15, 0.2) is 18.2 Å². The monoisotopic (exact) mass is 633 g/mol. The lowest BCUT2D eigenvalue weighted by Gasteiger charge is -2.43. The number of carboxylic acid groups (broad SMARTS) is 1. The number of amides is 3. The van der Waals surface area contributed by atoms with Gasteiger partial charge >= 0.3 is 12.3 Å². The van der Waals surface area contributed by atoms with Crippen LogP contribution in [0.3, 0.4) is 0 Å². The van der Waals surface area contributed by atoms with Gasteiger partial charge in [-0.15, -0.1) is 0 Å². The van der Waals surface area contributed by atoms with E-state index >= 15 is 0 Å². The van der Waals surface area contributed by atoms with Crippen LogP contribution in [0.5, 0.6) is 0 Å². The largest absolute Gasteiger partial charge is 0.465 e. The van der Waals surface area contributed by atoms with Gasteiger partial charge in [-0.3, -0.25) is 9.59 Å². The molecular weight excluding hydrogens is 591 g/mol. The summed E-state index contributed by atoms with van der Waals surface area (Å²) in [5.41, 5.74) is -0.633. The number of carbonyl (C=O) groups excluding carboxylic acids is 2. The van der Waals surface area contributed by atoms with E-state index in [-0.39, 0.29) is 52.6 Å². The summed E-state index contributed by atoms with van der Waals surface area (Å²) in [6, 6.07) is 2.30. The third-order valence-corrected chi connectivity index (χ3v) is 8.96. The van der Waals surface area contributed by atoms with E-state index < -0.39 is 23.9 Å². The average Bonchev–Trinajstić information content (AvgIpc) is 3.30. The summed E-state index contributed by atoms with van der Waals surface area (Å²) < 4.78 is 41.0. The molecule has 1 aromatic heterocycles. The van der Waals surface area contributed by atoms with E-state index in [2.05, 4.69) is 46.7 Å². The number of anilines is 1. The van der Waals surface area contributed by atoms with E-state index in [9.17, 15) is 32.7 Å². The minimum Gasteiger partial charge on any atom is -0.465 e. The van der Waals surface area contributed by atoms with E-state index in [1.54, 1.807) is 4.90 Å². The quantitative estimate of drug-likeness (QED) is 0.369. The van der Waals surface area contributed by atoms with E-state index in [1.807, 2.05) is 0 Å². The van der Waals surface area contributed by atoms with Crippen LogP contribution < -0.4 is 16.0 Å². The predicted molar refractivity (Wildman–Crippen MR) is 162 cm³/mol. The Balaban J connectivity index is 1.40. The zero-order valence-electron chi connectivity index (χ0n) is 26.1. The number of likely N-dealkylation sites (tertiary alicyclic amines) is 2. The van der Waals surface area contributed by atoms with Crippen LogP contribution >= 0.6 is 0 Å². The summed E-state index contributed by atoms with van der Waals surface area (Å²) in [6.07, 6.45) is -2.00. The molecule has 1 saturated carbocycles. The standard InChI is InChI=1S/C31H42F3N7O4/c1-17(42)35-24-16-20(39-30(2,3)4)6-8-25(24)41-14-11-23(28(41)43)37-27-21-15-19(31(32,33)34)5-7-22(21)36-26(38-27)18-9-12-40(13-10-18)29(44)45/h5,7,15,18,20,23-25,39H,6,8-14,16H2,1-4H3,(H,35,42)(H,44,45)(H,36,37,38)/t20-,23?,24-,25+/m1/s1. The lowest BCUT2D eigenvalue weighted by molar-refractivity contribution is -0.137. The first kappa shape index (κ1) is 32.7. The number of aromatic nitrogens is 2. The van der Waals surface area contributed by atoms with Crippen molar-refractivity contribution in [1.82, 2.24) is 30.4 Å². The van der Waals surface area contributed by atoms with Crippen molar-refractivity contribution < 1.29 is 32.7 Å². The van der Waals surface area contributed by atoms with Gasteiger partial charge in [0.25, 0.3) is 0 Å². The fraction of sp³-hybridized carbons (Fsp3) is 0.645. The molecular formula is C31H42F3N7O4. The number of carbonyl (C=O) groups is 3. The summed E-state index contributed by atoms with van der Waals surface area (Å²) in [5, 5.41) is 19.3. The number of nitrogens with one attached hydrogen (secondary N) is 3. The van der Waals surface area contributed by atoms with Gasteiger partial charge in [-0.1, -0.05) is 0 Å². The van der Waals surface area contributed by atoms with Crippen LogP contribution in [0.4, 0.5) is 23.8 Å². The number of benzene rings is 1. The molecule has 0 radical (unpaired) electrons. The fourth-order valence-electron chi connectivity index (χ4n) is 6.96. The number of fused-ring (bicyclic) bond motifs is 1. The molecule has 2 aromatic rings. The first-order chi connectivity index (χ1) is 21.1. The highest BCUT2D eigenvalue weighted by Crippen LogP contribution is 2.36. The number of hydrogen-bond donors (Lipinski definition) is 4. The predicted octanol–water partition coefficient (Wildman–Crippen LogP) is 4.33. The van der Waals surface area contributed by atoms with Gasteiger partial charge in [-0.25, -0.2) is 14.8 Å². The Morgan fingerprint density at radius 3 is 2.33 bits per heavy atom. The van der Waals surface area contributed by atoms with Crippen molar-refractivity contribution in [2.45, 2.75) is 108 Å². The maximum Gasteiger partial charge on any atom is 0.416 e. The smallest absolute Gasteiger partial charge is 0.416 e. The highest BCUT2D eigenvalue weighted by Gasteiger charge is 2.43. The molecule has 246 valence electrons. The third kappa shape index (κ3) is 7.59. The second-order valence-corrected chi connectivity index (χ2v) is 13.5. The van der Waals surface area contributed by atoms with Gasteiger partial charge < -0.3 is 30.9 Å². The first-order valence-corrected chi connectivity index (χ1v) is 15.6. The maximum atomic E-state index is 13.9. The molecule has 2 aliphatic heterocycles. The van der Waals surface area contributed by atoms with Gasteiger partial charge in [0.1, 0.15) is 17.7 Å². The van der Waals surface area contributed by atoms with Crippen molar-refractivity contribution in [3.05, 3.63) is 29.6 Å². The molecule has 14 heteroatoms. The molecule has 45 heavy (non-hydrogen) atoms. The highest BCUT2D eigenvalue weighted by atomic mass is 19.4. The topological polar surface area (TPSA) is 140 Å². The van der Waals surface area contributed by atoms with Crippen LogP contribution in [0, 0.1) is 0 Å². The molecule has 0 spiro atoms. The van der Waals surface area contributed by atoms with Crippen molar-refractivity contribution in [3.8, 4) is 0 Å². The molecule has 1 unspecified atom stereocenters. The number of rotatable bonds is 6. The average molecular weight is 634 g/mol. The Morgan fingerprint density at radius 2 is 1.71 bits per heavy atom. The van der Waals surface area contributed by atoms with Crippen molar-refractivity contribution in [3.63, 3.8) is 0 Å². The van der Waals surface area contributed by atoms with Gasteiger partial charge in [0.15, 0.2) is 0 Å². The third-order valence-electron chi connectivity index (χ3n) is 8.96. The Hall–Kier alpha value is -3.68. The van der Waals surface area contributed by atoms with Crippen molar-refractivity contribution >= 4 is 34.6 Å². The van der Waals surface area contributed by atoms with Crippen LogP contribution in [0.25, 0.3) is 10.9 Å². The van der Waals surface area contributed by atoms with Gasteiger partial charge in [0.2, 0.25) is 11.8 Å². The molecule has 5 rings (SSSR count). The van der Waals surface area contributed by atoms with E-state index in [0.717, 1.165) is 18.6 Å². The minimum atomic E-state index is -4.58. The Bertz CT molecular complexity index is 1440.